The normalized spacial score (nSPS) is 10.4. The molecule has 76 valence electrons. The van der Waals surface area contributed by atoms with Crippen LogP contribution in [0.5, 0.6) is 5.75 Å². The van der Waals surface area contributed by atoms with Crippen molar-refractivity contribution >= 4 is 17.4 Å². The first-order chi connectivity index (χ1) is 6.56. The molecule has 0 heterocycles. The van der Waals surface area contributed by atoms with Gasteiger partial charge in [0.05, 0.1) is 12.7 Å². The molecule has 0 radical (unpaired) electrons. The molecule has 0 amide bonds. The van der Waals surface area contributed by atoms with Gasteiger partial charge in [-0.15, -0.1) is 0 Å². The second kappa shape index (κ2) is 4.37. The van der Waals surface area contributed by atoms with E-state index in [2.05, 4.69) is 0 Å². The Labute approximate surface area is 84.4 Å². The predicted octanol–water partition coefficient (Wildman–Crippen LogP) is 2.80. The SMILES string of the molecule is COc1cc(Cl)ccc1C(=O)C(F)F. The Morgan fingerprint density at radius 1 is 1.50 bits per heavy atom. The van der Waals surface area contributed by atoms with Crippen LogP contribution in [0.3, 0.4) is 0 Å². The summed E-state index contributed by atoms with van der Waals surface area (Å²) in [5.74, 6) is -1.21. The maximum Gasteiger partial charge on any atom is 0.300 e. The highest BCUT2D eigenvalue weighted by molar-refractivity contribution is 6.30. The van der Waals surface area contributed by atoms with E-state index >= 15 is 0 Å². The summed E-state index contributed by atoms with van der Waals surface area (Å²) in [6.45, 7) is 0. The van der Waals surface area contributed by atoms with Crippen molar-refractivity contribution in [3.8, 4) is 5.75 Å². The van der Waals surface area contributed by atoms with E-state index in [0.29, 0.717) is 5.02 Å². The number of carbonyl (C=O) groups is 1. The smallest absolute Gasteiger partial charge is 0.300 e. The minimum absolute atomic E-state index is 0.0581. The van der Waals surface area contributed by atoms with E-state index in [9.17, 15) is 13.6 Å². The Balaban J connectivity index is 3.14. The molecule has 0 atom stereocenters. The van der Waals surface area contributed by atoms with Crippen molar-refractivity contribution in [2.45, 2.75) is 6.43 Å². The van der Waals surface area contributed by atoms with Crippen molar-refractivity contribution in [1.29, 1.82) is 0 Å². The molecule has 0 fully saturated rings. The van der Waals surface area contributed by atoms with Gasteiger partial charge in [-0.05, 0) is 18.2 Å². The number of Topliss-reactive ketones (excluding diaryl/α,β-unsaturated/α-hetero) is 1. The molecule has 0 saturated heterocycles. The number of hydrogen-bond acceptors (Lipinski definition) is 2. The summed E-state index contributed by atoms with van der Waals surface area (Å²) in [4.78, 5) is 11.0. The molecule has 2 nitrogen and oxygen atoms in total. The number of ketones is 1. The van der Waals surface area contributed by atoms with Crippen molar-refractivity contribution in [3.63, 3.8) is 0 Å². The zero-order chi connectivity index (χ0) is 10.7. The first-order valence-corrected chi connectivity index (χ1v) is 4.10. The highest BCUT2D eigenvalue weighted by Crippen LogP contribution is 2.24. The topological polar surface area (TPSA) is 26.3 Å². The minimum atomic E-state index is -3.04. The molecule has 1 aromatic carbocycles. The Morgan fingerprint density at radius 3 is 2.64 bits per heavy atom. The summed E-state index contributed by atoms with van der Waals surface area (Å²) >= 11 is 5.60. The highest BCUT2D eigenvalue weighted by atomic mass is 35.5. The number of halogens is 3. The van der Waals surface area contributed by atoms with E-state index in [-0.39, 0.29) is 11.3 Å². The van der Waals surface area contributed by atoms with Crippen molar-refractivity contribution < 1.29 is 18.3 Å². The first-order valence-electron chi connectivity index (χ1n) is 3.72. The molecule has 5 heteroatoms. The third-order valence-corrected chi connectivity index (χ3v) is 1.86. The molecule has 1 rings (SSSR count). The van der Waals surface area contributed by atoms with E-state index in [0.717, 1.165) is 0 Å². The molecule has 0 spiro atoms. The molecular weight excluding hydrogens is 214 g/mol. The van der Waals surface area contributed by atoms with Crippen molar-refractivity contribution in [2.75, 3.05) is 7.11 Å². The fourth-order valence-corrected chi connectivity index (χ4v) is 1.15. The molecule has 0 aromatic heterocycles. The van der Waals surface area contributed by atoms with Crippen LogP contribution >= 0.6 is 11.6 Å². The Morgan fingerprint density at radius 2 is 2.14 bits per heavy atom. The quantitative estimate of drug-likeness (QED) is 0.733. The summed E-state index contributed by atoms with van der Waals surface area (Å²) in [7, 11) is 1.29. The molecule has 0 bridgehead atoms. The maximum absolute atomic E-state index is 12.1. The van der Waals surface area contributed by atoms with Gasteiger partial charge in [-0.25, -0.2) is 8.78 Å². The standard InChI is InChI=1S/C9H7ClF2O2/c1-14-7-4-5(10)2-3-6(7)8(13)9(11)12/h2-4,9H,1H3. The van der Waals surface area contributed by atoms with Crippen LogP contribution in [0.1, 0.15) is 10.4 Å². The summed E-state index contributed by atoms with van der Waals surface area (Å²) < 4.78 is 28.9. The van der Waals surface area contributed by atoms with Crippen molar-refractivity contribution in [3.05, 3.63) is 28.8 Å². The molecule has 0 aliphatic heterocycles. The lowest BCUT2D eigenvalue weighted by Crippen LogP contribution is -2.11. The lowest BCUT2D eigenvalue weighted by atomic mass is 10.1. The Kier molecular flexibility index (Phi) is 3.41. The molecule has 0 aliphatic rings. The molecule has 1 aromatic rings. The van der Waals surface area contributed by atoms with Gasteiger partial charge in [0, 0.05) is 5.02 Å². The molecule has 0 N–H and O–H groups in total. The zero-order valence-corrected chi connectivity index (χ0v) is 8.02. The number of hydrogen-bond donors (Lipinski definition) is 0. The summed E-state index contributed by atoms with van der Waals surface area (Å²) in [5, 5.41) is 0.327. The predicted molar refractivity (Wildman–Crippen MR) is 48.3 cm³/mol. The molecule has 0 aliphatic carbocycles. The van der Waals surface area contributed by atoms with E-state index < -0.39 is 12.2 Å². The van der Waals surface area contributed by atoms with Gasteiger partial charge in [0.25, 0.3) is 0 Å². The fraction of sp³-hybridized carbons (Fsp3) is 0.222. The number of alkyl halides is 2. The molecule has 0 saturated carbocycles. The lowest BCUT2D eigenvalue weighted by Gasteiger charge is -2.06. The second-order valence-electron chi connectivity index (χ2n) is 2.51. The number of ether oxygens (including phenoxy) is 1. The van der Waals surface area contributed by atoms with Crippen LogP contribution in [0.2, 0.25) is 5.02 Å². The third kappa shape index (κ3) is 2.20. The van der Waals surface area contributed by atoms with Gasteiger partial charge in [-0.1, -0.05) is 11.6 Å². The number of benzene rings is 1. The van der Waals surface area contributed by atoms with Gasteiger partial charge in [-0.3, -0.25) is 4.79 Å². The van der Waals surface area contributed by atoms with E-state index in [1.54, 1.807) is 0 Å². The van der Waals surface area contributed by atoms with Crippen LogP contribution in [0.4, 0.5) is 8.78 Å². The van der Waals surface area contributed by atoms with Gasteiger partial charge in [-0.2, -0.15) is 0 Å². The Bertz CT molecular complexity index is 353. The lowest BCUT2D eigenvalue weighted by molar-refractivity contribution is 0.0675. The van der Waals surface area contributed by atoms with Gasteiger partial charge in [0.15, 0.2) is 0 Å². The van der Waals surface area contributed by atoms with Crippen LogP contribution in [0.25, 0.3) is 0 Å². The van der Waals surface area contributed by atoms with Gasteiger partial charge >= 0.3 is 6.43 Å². The average Bonchev–Trinajstić information content (AvgIpc) is 2.16. The van der Waals surface area contributed by atoms with Gasteiger partial charge in [0.2, 0.25) is 5.78 Å². The van der Waals surface area contributed by atoms with Gasteiger partial charge < -0.3 is 4.74 Å². The summed E-state index contributed by atoms with van der Waals surface area (Å²) in [5.41, 5.74) is -0.160. The zero-order valence-electron chi connectivity index (χ0n) is 7.26. The number of carbonyl (C=O) groups excluding carboxylic acids is 1. The number of rotatable bonds is 3. The summed E-state index contributed by atoms with van der Waals surface area (Å²) in [6, 6.07) is 3.90. The first kappa shape index (κ1) is 10.9. The monoisotopic (exact) mass is 220 g/mol. The van der Waals surface area contributed by atoms with Crippen LogP contribution in [0.15, 0.2) is 18.2 Å². The number of methoxy groups -OCH3 is 1. The fourth-order valence-electron chi connectivity index (χ4n) is 0.986. The third-order valence-electron chi connectivity index (χ3n) is 1.63. The van der Waals surface area contributed by atoms with Crippen LogP contribution < -0.4 is 4.74 Å². The largest absolute Gasteiger partial charge is 0.496 e. The maximum atomic E-state index is 12.1. The molecule has 14 heavy (non-hydrogen) atoms. The van der Waals surface area contributed by atoms with E-state index in [4.69, 9.17) is 16.3 Å². The second-order valence-corrected chi connectivity index (χ2v) is 2.95. The molecule has 0 unspecified atom stereocenters. The van der Waals surface area contributed by atoms with Crippen LogP contribution in [0, 0.1) is 0 Å². The van der Waals surface area contributed by atoms with Crippen LogP contribution in [-0.2, 0) is 0 Å². The highest BCUT2D eigenvalue weighted by Gasteiger charge is 2.21. The Hall–Kier alpha value is -1.16. The van der Waals surface area contributed by atoms with E-state index in [1.807, 2.05) is 0 Å². The van der Waals surface area contributed by atoms with Crippen molar-refractivity contribution in [1.82, 2.24) is 0 Å². The molecular formula is C9H7ClF2O2. The average molecular weight is 221 g/mol. The van der Waals surface area contributed by atoms with Crippen molar-refractivity contribution in [2.24, 2.45) is 0 Å². The van der Waals surface area contributed by atoms with E-state index in [1.165, 1.54) is 25.3 Å². The summed E-state index contributed by atoms with van der Waals surface area (Å²) in [6.07, 6.45) is -3.04. The van der Waals surface area contributed by atoms with Crippen LogP contribution in [-0.4, -0.2) is 19.3 Å². The minimum Gasteiger partial charge on any atom is -0.496 e. The van der Waals surface area contributed by atoms with Gasteiger partial charge in [0.1, 0.15) is 5.75 Å².